The summed E-state index contributed by atoms with van der Waals surface area (Å²) in [4.78, 5) is 0. The summed E-state index contributed by atoms with van der Waals surface area (Å²) in [5.74, 6) is 0. The van der Waals surface area contributed by atoms with Gasteiger partial charge >= 0.3 is 0 Å². The molecule has 0 aromatic heterocycles. The summed E-state index contributed by atoms with van der Waals surface area (Å²) in [7, 11) is 0. The maximum Gasteiger partial charge on any atom is 0.0463 e. The highest BCUT2D eigenvalue weighted by molar-refractivity contribution is 4.44. The van der Waals surface area contributed by atoms with Crippen molar-refractivity contribution in [1.29, 1.82) is 0 Å². The van der Waals surface area contributed by atoms with E-state index in [9.17, 15) is 0 Å². The van der Waals surface area contributed by atoms with E-state index in [-0.39, 0.29) is 0 Å². The van der Waals surface area contributed by atoms with Crippen molar-refractivity contribution < 1.29 is 9.94 Å². The number of unbranched alkanes of at least 4 members (excludes halogenated alkanes) is 2. The normalized spacial score (nSPS) is 10.2. The van der Waals surface area contributed by atoms with E-state index in [1.807, 2.05) is 0 Å². The number of rotatable bonds is 10. The van der Waals surface area contributed by atoms with Gasteiger partial charge in [0.25, 0.3) is 0 Å². The molecule has 0 rings (SSSR count). The third-order valence-corrected chi connectivity index (χ3v) is 2.24. The molecule has 3 nitrogen and oxygen atoms in total. The van der Waals surface area contributed by atoms with Crippen molar-refractivity contribution in [2.24, 2.45) is 0 Å². The first-order valence-corrected chi connectivity index (χ1v) is 7.24. The van der Waals surface area contributed by atoms with Gasteiger partial charge in [-0.1, -0.05) is 40.5 Å². The van der Waals surface area contributed by atoms with E-state index in [4.69, 9.17) is 9.94 Å². The molecule has 0 atom stereocenters. The first kappa shape index (κ1) is 19.2. The van der Waals surface area contributed by atoms with Gasteiger partial charge in [-0.3, -0.25) is 0 Å². The fraction of sp³-hybridized carbons (Fsp3) is 1.00. The molecule has 17 heavy (non-hydrogen) atoms. The number of hydroxylamine groups is 2. The zero-order valence-corrected chi connectivity index (χ0v) is 12.4. The van der Waals surface area contributed by atoms with Crippen molar-refractivity contribution in [3.05, 3.63) is 0 Å². The van der Waals surface area contributed by atoms with Crippen LogP contribution >= 0.6 is 0 Å². The Morgan fingerprint density at radius 3 is 1.47 bits per heavy atom. The Morgan fingerprint density at radius 1 is 0.765 bits per heavy atom. The van der Waals surface area contributed by atoms with Crippen LogP contribution in [0.4, 0.5) is 0 Å². The van der Waals surface area contributed by atoms with Crippen LogP contribution in [0.5, 0.6) is 0 Å². The molecule has 0 aliphatic heterocycles. The van der Waals surface area contributed by atoms with E-state index in [1.165, 1.54) is 5.06 Å². The van der Waals surface area contributed by atoms with Gasteiger partial charge in [0.1, 0.15) is 0 Å². The monoisotopic (exact) mass is 247 g/mol. The SMILES string of the molecule is CCCCN(O)CCCC.CCCOCCC. The largest absolute Gasteiger partial charge is 0.381 e. The second-order valence-corrected chi connectivity index (χ2v) is 4.27. The molecule has 0 spiro atoms. The van der Waals surface area contributed by atoms with Crippen LogP contribution in [-0.4, -0.2) is 36.6 Å². The fourth-order valence-corrected chi connectivity index (χ4v) is 1.18. The second-order valence-electron chi connectivity index (χ2n) is 4.27. The van der Waals surface area contributed by atoms with E-state index in [0.717, 1.165) is 64.8 Å². The van der Waals surface area contributed by atoms with Crippen LogP contribution in [0, 0.1) is 0 Å². The fourth-order valence-electron chi connectivity index (χ4n) is 1.18. The lowest BCUT2D eigenvalue weighted by molar-refractivity contribution is -0.0919. The summed E-state index contributed by atoms with van der Waals surface area (Å²) in [5, 5.41) is 10.6. The Bertz CT molecular complexity index is 109. The Labute approximate surface area is 108 Å². The minimum absolute atomic E-state index is 0.830. The minimum Gasteiger partial charge on any atom is -0.381 e. The molecule has 0 heterocycles. The molecule has 0 saturated heterocycles. The van der Waals surface area contributed by atoms with Crippen LogP contribution in [-0.2, 0) is 4.74 Å². The van der Waals surface area contributed by atoms with Crippen molar-refractivity contribution in [3.8, 4) is 0 Å². The Kier molecular flexibility index (Phi) is 20.6. The summed E-state index contributed by atoms with van der Waals surface area (Å²) in [5.41, 5.74) is 0. The molecular weight excluding hydrogens is 214 g/mol. The first-order valence-electron chi connectivity index (χ1n) is 7.24. The molecule has 0 saturated carbocycles. The summed E-state index contributed by atoms with van der Waals surface area (Å²) in [6.45, 7) is 12.0. The van der Waals surface area contributed by atoms with Gasteiger partial charge in [-0.25, -0.2) is 0 Å². The predicted octanol–water partition coefficient (Wildman–Crippen LogP) is 4.10. The lowest BCUT2D eigenvalue weighted by Gasteiger charge is -2.12. The molecule has 1 N–H and O–H groups in total. The predicted molar refractivity (Wildman–Crippen MR) is 74.6 cm³/mol. The van der Waals surface area contributed by atoms with Gasteiger partial charge in [0.2, 0.25) is 0 Å². The molecule has 3 heteroatoms. The zero-order valence-electron chi connectivity index (χ0n) is 12.4. The third-order valence-electron chi connectivity index (χ3n) is 2.24. The maximum absolute atomic E-state index is 9.14. The summed E-state index contributed by atoms with van der Waals surface area (Å²) in [6, 6.07) is 0. The topological polar surface area (TPSA) is 32.7 Å². The van der Waals surface area contributed by atoms with Crippen molar-refractivity contribution in [1.82, 2.24) is 5.06 Å². The molecule has 0 aliphatic carbocycles. The minimum atomic E-state index is 0.830. The zero-order chi connectivity index (χ0) is 13.4. The van der Waals surface area contributed by atoms with Gasteiger partial charge in [-0.2, -0.15) is 5.06 Å². The lowest BCUT2D eigenvalue weighted by Crippen LogP contribution is -2.21. The lowest BCUT2D eigenvalue weighted by atomic mass is 10.3. The molecule has 0 aromatic carbocycles. The Morgan fingerprint density at radius 2 is 1.18 bits per heavy atom. The van der Waals surface area contributed by atoms with Gasteiger partial charge in [0, 0.05) is 26.3 Å². The van der Waals surface area contributed by atoms with Gasteiger partial charge in [-0.15, -0.1) is 0 Å². The smallest absolute Gasteiger partial charge is 0.0463 e. The standard InChI is InChI=1S/C8H19NO.C6H14O/c1-3-5-7-9(10)8-6-4-2;1-3-5-7-6-4-2/h10H,3-8H2,1-2H3;3-6H2,1-2H3. The number of nitrogens with zero attached hydrogens (tertiary/aromatic N) is 1. The highest BCUT2D eigenvalue weighted by Crippen LogP contribution is 1.94. The highest BCUT2D eigenvalue weighted by atomic mass is 16.5. The maximum atomic E-state index is 9.14. The van der Waals surface area contributed by atoms with Crippen LogP contribution in [0.2, 0.25) is 0 Å². The molecular formula is C14H33NO2. The first-order chi connectivity index (χ1) is 8.22. The van der Waals surface area contributed by atoms with Gasteiger partial charge in [0.05, 0.1) is 0 Å². The van der Waals surface area contributed by atoms with E-state index in [1.54, 1.807) is 0 Å². The molecule has 0 aromatic rings. The highest BCUT2D eigenvalue weighted by Gasteiger charge is 1.96. The van der Waals surface area contributed by atoms with Gasteiger partial charge in [0.15, 0.2) is 0 Å². The molecule has 0 bridgehead atoms. The van der Waals surface area contributed by atoms with Crippen LogP contribution in [0.3, 0.4) is 0 Å². The molecule has 0 aliphatic rings. The molecule has 0 amide bonds. The van der Waals surface area contributed by atoms with E-state index in [0.29, 0.717) is 0 Å². The number of ether oxygens (including phenoxy) is 1. The van der Waals surface area contributed by atoms with Crippen molar-refractivity contribution in [2.45, 2.75) is 66.2 Å². The van der Waals surface area contributed by atoms with Gasteiger partial charge < -0.3 is 9.94 Å². The molecule has 106 valence electrons. The Balaban J connectivity index is 0. The van der Waals surface area contributed by atoms with Crippen LogP contribution < -0.4 is 0 Å². The second kappa shape index (κ2) is 18.3. The molecule has 0 radical (unpaired) electrons. The van der Waals surface area contributed by atoms with Crippen molar-refractivity contribution >= 4 is 0 Å². The van der Waals surface area contributed by atoms with Crippen LogP contribution in [0.25, 0.3) is 0 Å². The quantitative estimate of drug-likeness (QED) is 0.466. The number of hydrogen-bond acceptors (Lipinski definition) is 3. The van der Waals surface area contributed by atoms with Crippen LogP contribution in [0.15, 0.2) is 0 Å². The van der Waals surface area contributed by atoms with Crippen LogP contribution in [0.1, 0.15) is 66.2 Å². The van der Waals surface area contributed by atoms with E-state index in [2.05, 4.69) is 27.7 Å². The van der Waals surface area contributed by atoms with Gasteiger partial charge in [-0.05, 0) is 25.7 Å². The Hall–Kier alpha value is -0.120. The average Bonchev–Trinajstić information content (AvgIpc) is 2.35. The number of hydrogen-bond donors (Lipinski definition) is 1. The third kappa shape index (κ3) is 21.7. The molecule has 0 unspecified atom stereocenters. The van der Waals surface area contributed by atoms with E-state index >= 15 is 0 Å². The average molecular weight is 247 g/mol. The summed E-state index contributed by atoms with van der Waals surface area (Å²) < 4.78 is 5.13. The summed E-state index contributed by atoms with van der Waals surface area (Å²) >= 11 is 0. The van der Waals surface area contributed by atoms with Crippen molar-refractivity contribution in [3.63, 3.8) is 0 Å². The van der Waals surface area contributed by atoms with Crippen molar-refractivity contribution in [2.75, 3.05) is 26.3 Å². The summed E-state index contributed by atoms with van der Waals surface area (Å²) in [6.07, 6.45) is 6.78. The molecule has 0 fully saturated rings. The van der Waals surface area contributed by atoms with E-state index < -0.39 is 0 Å².